The van der Waals surface area contributed by atoms with Gasteiger partial charge in [0.2, 0.25) is 0 Å². The molecule has 6 heteroatoms. The molecule has 1 aliphatic carbocycles. The Morgan fingerprint density at radius 2 is 1.47 bits per heavy atom. The van der Waals surface area contributed by atoms with Gasteiger partial charge in [-0.15, -0.1) is 36.1 Å². The Morgan fingerprint density at radius 1 is 0.824 bits per heavy atom. The van der Waals surface area contributed by atoms with Gasteiger partial charge in [0, 0.05) is 0 Å². The Balaban J connectivity index is 0.000000299. The molecule has 174 valence electrons. The summed E-state index contributed by atoms with van der Waals surface area (Å²) in [5.74, 6) is 0. The molecule has 0 saturated heterocycles. The maximum atomic E-state index is 12.9. The predicted octanol–water partition coefficient (Wildman–Crippen LogP) is 1.69. The fourth-order valence-electron chi connectivity index (χ4n) is 3.12. The summed E-state index contributed by atoms with van der Waals surface area (Å²) in [5.41, 5.74) is 0.441. The number of hydrogen-bond acceptors (Lipinski definition) is 0. The van der Waals surface area contributed by atoms with E-state index < -0.39 is 11.7 Å². The third kappa shape index (κ3) is 8.81. The number of benzene rings is 3. The minimum Gasteiger partial charge on any atom is -1.00 e. The van der Waals surface area contributed by atoms with E-state index in [4.69, 9.17) is 0 Å². The summed E-state index contributed by atoms with van der Waals surface area (Å²) in [6.45, 7) is 0. The van der Waals surface area contributed by atoms with Gasteiger partial charge in [-0.25, -0.2) is 12.2 Å². The number of alkyl halides is 3. The quantitative estimate of drug-likeness (QED) is 0.272. The van der Waals surface area contributed by atoms with Crippen molar-refractivity contribution in [3.05, 3.63) is 138 Å². The summed E-state index contributed by atoms with van der Waals surface area (Å²) in [7, 11) is 0. The summed E-state index contributed by atoms with van der Waals surface area (Å²) in [4.78, 5) is 0. The summed E-state index contributed by atoms with van der Waals surface area (Å²) in [5, 5.41) is 2.66. The molecule has 0 saturated carbocycles. The molecule has 0 spiro atoms. The molecule has 4 aromatic carbocycles. The molecule has 0 unspecified atom stereocenters. The van der Waals surface area contributed by atoms with Crippen LogP contribution in [0, 0.1) is 6.08 Å². The van der Waals surface area contributed by atoms with E-state index in [2.05, 4.69) is 54.6 Å². The predicted molar refractivity (Wildman–Crippen MR) is 122 cm³/mol. The van der Waals surface area contributed by atoms with E-state index in [-0.39, 0.29) is 30.4 Å². The van der Waals surface area contributed by atoms with Gasteiger partial charge in [0.25, 0.3) is 0 Å². The molecule has 1 aliphatic rings. The minimum atomic E-state index is -4.33. The summed E-state index contributed by atoms with van der Waals surface area (Å²) >= 11 is 1.71. The molecular weight excluding hydrogens is 512 g/mol. The average molecular weight is 533 g/mol. The molecule has 4 aromatic rings. The van der Waals surface area contributed by atoms with Gasteiger partial charge in [0.1, 0.15) is 0 Å². The van der Waals surface area contributed by atoms with Crippen molar-refractivity contribution in [1.29, 1.82) is 0 Å². The summed E-state index contributed by atoms with van der Waals surface area (Å²) in [6.07, 6.45) is 5.67. The zero-order chi connectivity index (χ0) is 22.8. The van der Waals surface area contributed by atoms with Crippen LogP contribution in [0.25, 0.3) is 10.8 Å². The van der Waals surface area contributed by atoms with Crippen LogP contribution in [0.15, 0.2) is 115 Å². The molecule has 0 heterocycles. The standard InChI is InChI=1S/C14H9F3.C9H7.C5H5.2ClH.Ti/c15-14(16,17)13-9-5-4-8-12(13)10-11-6-2-1-3-7-11;1-2-5-9-7-3-6-8(9)4-1;1-2-4-5-3-1;;;/h1-9H;1-7H;1-3H,4H2;2*1H;/q;2*-1;;;+2/p-2. The molecule has 0 bridgehead atoms. The molecule has 0 fully saturated rings. The molecule has 0 aromatic heterocycles. The van der Waals surface area contributed by atoms with E-state index in [9.17, 15) is 13.2 Å². The molecule has 0 nitrogen and oxygen atoms in total. The summed E-state index contributed by atoms with van der Waals surface area (Å²) in [6, 6.07) is 29.4. The van der Waals surface area contributed by atoms with Crippen molar-refractivity contribution < 1.29 is 58.0 Å². The van der Waals surface area contributed by atoms with Crippen LogP contribution in [-0.2, 0) is 26.1 Å². The van der Waals surface area contributed by atoms with Crippen LogP contribution in [0.1, 0.15) is 23.1 Å². The van der Waals surface area contributed by atoms with Gasteiger partial charge in [-0.05, 0) is 0 Å². The Morgan fingerprint density at radius 3 is 2.06 bits per heavy atom. The Bertz CT molecular complexity index is 1170. The van der Waals surface area contributed by atoms with Gasteiger partial charge in [-0.2, -0.15) is 23.6 Å². The van der Waals surface area contributed by atoms with Crippen molar-refractivity contribution in [2.75, 3.05) is 0 Å². The van der Waals surface area contributed by atoms with Crippen molar-refractivity contribution in [1.82, 2.24) is 0 Å². The molecular formula is C28H21Cl2F3Ti-2. The fourth-order valence-corrected chi connectivity index (χ4v) is 3.72. The first-order valence-corrected chi connectivity index (χ1v) is 10.9. The maximum Gasteiger partial charge on any atom is -0.0809 e. The van der Waals surface area contributed by atoms with Crippen molar-refractivity contribution in [2.24, 2.45) is 0 Å². The van der Waals surface area contributed by atoms with Crippen molar-refractivity contribution >= 4 is 14.6 Å². The second-order valence-corrected chi connectivity index (χ2v) is 7.72. The molecule has 0 aliphatic heterocycles. The van der Waals surface area contributed by atoms with Crippen LogP contribution in [-0.4, -0.2) is 3.81 Å². The molecule has 5 rings (SSSR count). The van der Waals surface area contributed by atoms with Gasteiger partial charge < -0.3 is 24.8 Å². The third-order valence-electron chi connectivity index (χ3n) is 4.70. The average Bonchev–Trinajstić information content (AvgIpc) is 3.54. The van der Waals surface area contributed by atoms with Crippen LogP contribution in [0.2, 0.25) is 0 Å². The fraction of sp³-hybridized carbons (Fsp3) is 0.0714. The number of rotatable bonds is 2. The van der Waals surface area contributed by atoms with Crippen LogP contribution < -0.4 is 24.8 Å². The Hall–Kier alpha value is -2.30. The van der Waals surface area contributed by atoms with Crippen LogP contribution in [0.3, 0.4) is 0 Å². The molecule has 0 N–H and O–H groups in total. The van der Waals surface area contributed by atoms with Gasteiger partial charge in [0.15, 0.2) is 0 Å². The van der Waals surface area contributed by atoms with E-state index >= 15 is 0 Å². The number of halogens is 5. The van der Waals surface area contributed by atoms with Crippen LogP contribution in [0.5, 0.6) is 0 Å². The first-order valence-electron chi connectivity index (χ1n) is 10.1. The zero-order valence-electron chi connectivity index (χ0n) is 18.1. The minimum absolute atomic E-state index is 0. The first-order chi connectivity index (χ1) is 15.5. The van der Waals surface area contributed by atoms with Gasteiger partial charge in [0.05, 0.1) is 0 Å². The van der Waals surface area contributed by atoms with E-state index in [1.54, 1.807) is 26.0 Å². The largest absolute Gasteiger partial charge is 1.00 e. The Labute approximate surface area is 222 Å². The molecule has 0 amide bonds. The normalized spacial score (nSPS) is 11.3. The second-order valence-electron chi connectivity index (χ2n) is 6.94. The summed E-state index contributed by atoms with van der Waals surface area (Å²) < 4.78 is 39.4. The SMILES string of the molecule is FC(F)(F)c1ccccc1[C](=[Ti+2])c1ccccc1.[C-]1=CC=CC1.[Cl-].[Cl-].c1ccc2[cH-]ccc2c1. The maximum absolute atomic E-state index is 12.9. The first kappa shape index (κ1) is 29.7. The van der Waals surface area contributed by atoms with Crippen molar-refractivity contribution in [3.8, 4) is 0 Å². The van der Waals surface area contributed by atoms with Gasteiger partial charge >= 0.3 is 114 Å². The topological polar surface area (TPSA) is 0 Å². The molecule has 0 atom stereocenters. The Kier molecular flexibility index (Phi) is 13.0. The van der Waals surface area contributed by atoms with Crippen molar-refractivity contribution in [3.63, 3.8) is 0 Å². The van der Waals surface area contributed by atoms with E-state index in [0.29, 0.717) is 3.81 Å². The smallest absolute Gasteiger partial charge is 0.0809 e. The van der Waals surface area contributed by atoms with Crippen LogP contribution in [0.4, 0.5) is 13.2 Å². The number of fused-ring (bicyclic) bond motifs is 1. The molecule has 34 heavy (non-hydrogen) atoms. The molecule has 0 radical (unpaired) electrons. The second kappa shape index (κ2) is 14.9. The number of hydrogen-bond donors (Lipinski definition) is 0. The van der Waals surface area contributed by atoms with Gasteiger partial charge in [-0.1, -0.05) is 6.07 Å². The number of allylic oxidation sites excluding steroid dienone is 4. The van der Waals surface area contributed by atoms with Crippen LogP contribution >= 0.6 is 0 Å². The zero-order valence-corrected chi connectivity index (χ0v) is 21.1. The van der Waals surface area contributed by atoms with E-state index in [0.717, 1.165) is 18.1 Å². The third-order valence-corrected chi connectivity index (χ3v) is 5.57. The monoisotopic (exact) mass is 532 g/mol. The van der Waals surface area contributed by atoms with E-state index in [1.165, 1.54) is 22.9 Å². The van der Waals surface area contributed by atoms with Gasteiger partial charge in [-0.3, -0.25) is 6.08 Å². The van der Waals surface area contributed by atoms with Crippen molar-refractivity contribution in [2.45, 2.75) is 12.6 Å². The van der Waals surface area contributed by atoms with E-state index in [1.807, 2.05) is 42.5 Å².